The number of hydrogen-bond acceptors (Lipinski definition) is 1. The zero-order valence-corrected chi connectivity index (χ0v) is 5.85. The van der Waals surface area contributed by atoms with E-state index in [1.807, 2.05) is 0 Å². The Morgan fingerprint density at radius 1 is 1.50 bits per heavy atom. The summed E-state index contributed by atoms with van der Waals surface area (Å²) < 4.78 is 12.5. The quantitative estimate of drug-likeness (QED) is 0.567. The second-order valence-electron chi connectivity index (χ2n) is 1.99. The normalized spacial score (nSPS) is 11.9. The van der Waals surface area contributed by atoms with Gasteiger partial charge in [-0.3, -0.25) is 0 Å². The van der Waals surface area contributed by atoms with Crippen LogP contribution in [0.1, 0.15) is 1.37 Å². The Hall–Kier alpha value is -0.950. The van der Waals surface area contributed by atoms with Gasteiger partial charge >= 0.3 is 0 Å². The molecule has 0 aliphatic carbocycles. The van der Waals surface area contributed by atoms with Gasteiger partial charge in [-0.05, 0) is 18.2 Å². The van der Waals surface area contributed by atoms with E-state index in [2.05, 4.69) is 0 Å². The lowest BCUT2D eigenvalue weighted by atomic mass is 10.3. The fourth-order valence-electron chi connectivity index (χ4n) is 0.889. The lowest BCUT2D eigenvalue weighted by Gasteiger charge is -1.88. The molecule has 0 N–H and O–H groups in total. The number of rotatable bonds is 0. The lowest BCUT2D eigenvalue weighted by Crippen LogP contribution is -1.63. The van der Waals surface area contributed by atoms with Crippen LogP contribution in [0.2, 0.25) is 5.02 Å². The number of hydrogen-bond donors (Lipinski definition) is 0. The van der Waals surface area contributed by atoms with Gasteiger partial charge in [0, 0.05) is 5.39 Å². The van der Waals surface area contributed by atoms with Gasteiger partial charge in [0.15, 0.2) is 0 Å². The minimum absolute atomic E-state index is 0.370. The highest BCUT2D eigenvalue weighted by atomic mass is 35.5. The molecule has 1 aromatic carbocycles. The molecule has 0 atom stereocenters. The molecule has 50 valence electrons. The molecule has 0 fully saturated rings. The first-order valence-corrected chi connectivity index (χ1v) is 3.29. The van der Waals surface area contributed by atoms with Gasteiger partial charge in [0.05, 0.1) is 12.7 Å². The molecule has 0 aliphatic heterocycles. The topological polar surface area (TPSA) is 13.1 Å². The standard InChI is InChI=1S/C8H5ClO/c9-7-2-1-3-8-6(7)4-5-10-8/h1-5H/i3D. The van der Waals surface area contributed by atoms with Gasteiger partial charge in [-0.1, -0.05) is 17.7 Å². The van der Waals surface area contributed by atoms with Crippen molar-refractivity contribution in [3.8, 4) is 0 Å². The second-order valence-corrected chi connectivity index (χ2v) is 2.40. The molecule has 2 heteroatoms. The fourth-order valence-corrected chi connectivity index (χ4v) is 1.10. The third kappa shape index (κ3) is 0.711. The Bertz CT molecular complexity index is 358. The van der Waals surface area contributed by atoms with Crippen molar-refractivity contribution >= 4 is 22.6 Å². The van der Waals surface area contributed by atoms with Crippen molar-refractivity contribution in [3.63, 3.8) is 0 Å². The summed E-state index contributed by atoms with van der Waals surface area (Å²) in [6.45, 7) is 0. The van der Waals surface area contributed by atoms with E-state index >= 15 is 0 Å². The van der Waals surface area contributed by atoms with Gasteiger partial charge in [-0.25, -0.2) is 0 Å². The van der Waals surface area contributed by atoms with Crippen LogP contribution in [0.4, 0.5) is 0 Å². The molecular formula is C8H5ClO. The summed E-state index contributed by atoms with van der Waals surface area (Å²) in [7, 11) is 0. The molecule has 0 aliphatic rings. The van der Waals surface area contributed by atoms with Crippen molar-refractivity contribution in [2.24, 2.45) is 0 Å². The maximum absolute atomic E-state index is 7.42. The SMILES string of the molecule is [2H]c1ccc(Cl)c2ccoc12. The van der Waals surface area contributed by atoms with Crippen molar-refractivity contribution in [2.75, 3.05) is 0 Å². The molecule has 1 heterocycles. The molecule has 2 aromatic rings. The zero-order valence-electron chi connectivity index (χ0n) is 6.10. The van der Waals surface area contributed by atoms with Gasteiger partial charge in [0.1, 0.15) is 5.58 Å². The van der Waals surface area contributed by atoms with Crippen LogP contribution >= 0.6 is 11.6 Å². The van der Waals surface area contributed by atoms with E-state index in [-0.39, 0.29) is 0 Å². The Labute approximate surface area is 64.6 Å². The molecule has 2 rings (SSSR count). The Balaban J connectivity index is 2.96. The number of furan rings is 1. The first-order valence-electron chi connectivity index (χ1n) is 3.41. The summed E-state index contributed by atoms with van der Waals surface area (Å²) in [5, 5.41) is 1.43. The summed E-state index contributed by atoms with van der Waals surface area (Å²) in [6, 6.07) is 5.44. The van der Waals surface area contributed by atoms with Crippen molar-refractivity contribution in [3.05, 3.63) is 35.5 Å². The van der Waals surface area contributed by atoms with Crippen LogP contribution in [-0.4, -0.2) is 0 Å². The Morgan fingerprint density at radius 3 is 3.20 bits per heavy atom. The van der Waals surface area contributed by atoms with Crippen LogP contribution in [0.15, 0.2) is 34.9 Å². The van der Waals surface area contributed by atoms with Crippen molar-refractivity contribution in [1.82, 2.24) is 0 Å². The molecule has 0 unspecified atom stereocenters. The molecule has 10 heavy (non-hydrogen) atoms. The number of fused-ring (bicyclic) bond motifs is 1. The van der Waals surface area contributed by atoms with Crippen molar-refractivity contribution in [1.29, 1.82) is 0 Å². The average molecular weight is 154 g/mol. The third-order valence-corrected chi connectivity index (χ3v) is 1.70. The van der Waals surface area contributed by atoms with Crippen molar-refractivity contribution in [2.45, 2.75) is 0 Å². The van der Waals surface area contributed by atoms with E-state index in [9.17, 15) is 0 Å². The second kappa shape index (κ2) is 2.03. The molecule has 0 radical (unpaired) electrons. The Kier molecular flexibility index (Phi) is 0.974. The van der Waals surface area contributed by atoms with Gasteiger partial charge in [-0.15, -0.1) is 0 Å². The predicted octanol–water partition coefficient (Wildman–Crippen LogP) is 3.09. The van der Waals surface area contributed by atoms with Crippen LogP contribution < -0.4 is 0 Å². The van der Waals surface area contributed by atoms with E-state index in [0.29, 0.717) is 16.6 Å². The van der Waals surface area contributed by atoms with Gasteiger partial charge in [-0.2, -0.15) is 0 Å². The zero-order chi connectivity index (χ0) is 7.84. The number of benzene rings is 1. The molecule has 0 saturated carbocycles. The summed E-state index contributed by atoms with van der Waals surface area (Å²) >= 11 is 5.83. The minimum atomic E-state index is 0.370. The van der Waals surface area contributed by atoms with E-state index in [4.69, 9.17) is 17.4 Å². The van der Waals surface area contributed by atoms with E-state index in [1.54, 1.807) is 18.2 Å². The van der Waals surface area contributed by atoms with Crippen LogP contribution in [0.3, 0.4) is 0 Å². The fraction of sp³-hybridized carbons (Fsp3) is 0. The number of halogens is 1. The maximum Gasteiger partial charge on any atom is 0.135 e. The summed E-state index contributed by atoms with van der Waals surface area (Å²) in [5.74, 6) is 0. The van der Waals surface area contributed by atoms with E-state index in [0.717, 1.165) is 5.39 Å². The highest BCUT2D eigenvalue weighted by Crippen LogP contribution is 2.23. The third-order valence-electron chi connectivity index (χ3n) is 1.37. The van der Waals surface area contributed by atoms with E-state index < -0.39 is 0 Å². The smallest absolute Gasteiger partial charge is 0.135 e. The molecule has 1 aromatic heterocycles. The largest absolute Gasteiger partial charge is 0.464 e. The first-order chi connectivity index (χ1) is 5.29. The maximum atomic E-state index is 7.42. The highest BCUT2D eigenvalue weighted by molar-refractivity contribution is 6.35. The summed E-state index contributed by atoms with van der Waals surface area (Å²) in [5.41, 5.74) is 0.553. The first kappa shape index (κ1) is 4.80. The minimum Gasteiger partial charge on any atom is -0.464 e. The molecule has 0 spiro atoms. The highest BCUT2D eigenvalue weighted by Gasteiger charge is 1.97. The van der Waals surface area contributed by atoms with Crippen molar-refractivity contribution < 1.29 is 5.79 Å². The van der Waals surface area contributed by atoms with E-state index in [1.165, 1.54) is 6.26 Å². The van der Waals surface area contributed by atoms with Gasteiger partial charge in [0.25, 0.3) is 0 Å². The van der Waals surface area contributed by atoms with Gasteiger partial charge in [0.2, 0.25) is 0 Å². The van der Waals surface area contributed by atoms with Gasteiger partial charge < -0.3 is 4.42 Å². The lowest BCUT2D eigenvalue weighted by molar-refractivity contribution is 0.616. The average Bonchev–Trinajstić information content (AvgIpc) is 2.45. The monoisotopic (exact) mass is 153 g/mol. The van der Waals surface area contributed by atoms with Crippen LogP contribution in [0, 0.1) is 0 Å². The van der Waals surface area contributed by atoms with Crippen LogP contribution in [-0.2, 0) is 0 Å². The molecule has 0 amide bonds. The summed E-state index contributed by atoms with van der Waals surface area (Å²) in [6.07, 6.45) is 1.54. The summed E-state index contributed by atoms with van der Waals surface area (Å²) in [4.78, 5) is 0. The molecular weight excluding hydrogens is 148 g/mol. The predicted molar refractivity (Wildman–Crippen MR) is 41.2 cm³/mol. The molecule has 0 bridgehead atoms. The van der Waals surface area contributed by atoms with Crippen LogP contribution in [0.5, 0.6) is 0 Å². The van der Waals surface area contributed by atoms with Crippen LogP contribution in [0.25, 0.3) is 11.0 Å². The molecule has 1 nitrogen and oxygen atoms in total. The Morgan fingerprint density at radius 2 is 2.40 bits per heavy atom. The molecule has 0 saturated heterocycles.